The second-order valence-electron chi connectivity index (χ2n) is 15.4. The molecule has 4 aliphatic heterocycles. The van der Waals surface area contributed by atoms with Crippen LogP contribution in [0.4, 0.5) is 22.7 Å². The quantitative estimate of drug-likeness (QED) is 0.101. The predicted octanol–water partition coefficient (Wildman–Crippen LogP) is 7.59. The highest BCUT2D eigenvalue weighted by Crippen LogP contribution is 2.46. The lowest BCUT2D eigenvalue weighted by Gasteiger charge is -2.27. The maximum atomic E-state index is 13.3. The van der Waals surface area contributed by atoms with Crippen molar-refractivity contribution < 1.29 is 38.4 Å². The van der Waals surface area contributed by atoms with Crippen molar-refractivity contribution in [2.45, 2.75) is 5.92 Å². The molecule has 312 valence electrons. The monoisotopic (exact) mass is 852 g/mol. The summed E-state index contributed by atoms with van der Waals surface area (Å²) in [6.45, 7) is 0. The number of rotatable bonds is 10. The molecule has 0 aromatic heterocycles. The molecule has 0 aliphatic carbocycles. The van der Waals surface area contributed by atoms with E-state index < -0.39 is 53.2 Å². The lowest BCUT2D eigenvalue weighted by Crippen LogP contribution is -2.31. The van der Waals surface area contributed by atoms with Crippen LogP contribution in [-0.4, -0.2) is 47.3 Å². The van der Waals surface area contributed by atoms with Crippen LogP contribution >= 0.6 is 0 Å². The Morgan fingerprint density at radius 3 is 0.923 bits per heavy atom. The Hall–Kier alpha value is -9.16. The van der Waals surface area contributed by atoms with Gasteiger partial charge in [-0.2, -0.15) is 0 Å². The van der Waals surface area contributed by atoms with Crippen LogP contribution in [0.3, 0.4) is 0 Å². The van der Waals surface area contributed by atoms with Crippen molar-refractivity contribution in [1.82, 2.24) is 0 Å². The summed E-state index contributed by atoms with van der Waals surface area (Å²) in [5.74, 6) is -5.18. The summed E-state index contributed by atoms with van der Waals surface area (Å²) in [5, 5.41) is 0. The number of imide groups is 4. The number of amides is 8. The zero-order chi connectivity index (χ0) is 44.9. The molecule has 0 saturated heterocycles. The summed E-state index contributed by atoms with van der Waals surface area (Å²) in [6.07, 6.45) is 9.39. The van der Waals surface area contributed by atoms with E-state index in [9.17, 15) is 38.4 Å². The summed E-state index contributed by atoms with van der Waals surface area (Å²) in [5.41, 5.74) is 6.41. The fraction of sp³-hybridized carbons (Fsp3) is 0.0189. The average molecular weight is 853 g/mol. The Labute approximate surface area is 370 Å². The third kappa shape index (κ3) is 6.91. The molecule has 65 heavy (non-hydrogen) atoms. The second kappa shape index (κ2) is 15.9. The Bertz CT molecular complexity index is 2990. The SMILES string of the molecule is O=C1C=CC(=O)N1c1ccccc1-c1cc(C(c2ccc(-c3ccccc3)cc2)c2ccc(N3C(=O)C=CC3=O)c(-c3ccccc3N3C(=O)C=CC3=O)c2)ccc1N1C(=O)C=CC1=O. The Morgan fingerprint density at radius 1 is 0.262 bits per heavy atom. The van der Waals surface area contributed by atoms with Gasteiger partial charge in [0.15, 0.2) is 0 Å². The van der Waals surface area contributed by atoms with E-state index in [0.717, 1.165) is 36.3 Å². The number of nitrogens with zero attached hydrogens (tertiary/aromatic N) is 4. The minimum atomic E-state index is -0.653. The van der Waals surface area contributed by atoms with Gasteiger partial charge in [-0.25, -0.2) is 19.6 Å². The summed E-state index contributed by atoms with van der Waals surface area (Å²) >= 11 is 0. The molecular formula is C53H32N4O8. The van der Waals surface area contributed by atoms with Crippen molar-refractivity contribution in [2.24, 2.45) is 0 Å². The van der Waals surface area contributed by atoms with Gasteiger partial charge in [0.1, 0.15) is 0 Å². The highest BCUT2D eigenvalue weighted by molar-refractivity contribution is 6.32. The molecule has 6 aromatic rings. The molecule has 8 amide bonds. The molecule has 12 heteroatoms. The molecule has 4 heterocycles. The van der Waals surface area contributed by atoms with Gasteiger partial charge >= 0.3 is 0 Å². The van der Waals surface area contributed by atoms with Gasteiger partial charge in [-0.05, 0) is 64.2 Å². The third-order valence-corrected chi connectivity index (χ3v) is 11.6. The Balaban J connectivity index is 1.22. The smallest absolute Gasteiger partial charge is 0.258 e. The Morgan fingerprint density at radius 2 is 0.554 bits per heavy atom. The maximum Gasteiger partial charge on any atom is 0.258 e. The number of hydrogen-bond acceptors (Lipinski definition) is 8. The van der Waals surface area contributed by atoms with Gasteiger partial charge < -0.3 is 0 Å². The van der Waals surface area contributed by atoms with Crippen molar-refractivity contribution in [3.05, 3.63) is 205 Å². The van der Waals surface area contributed by atoms with Gasteiger partial charge in [0, 0.05) is 76.8 Å². The van der Waals surface area contributed by atoms with E-state index >= 15 is 0 Å². The van der Waals surface area contributed by atoms with Crippen molar-refractivity contribution >= 4 is 70.0 Å². The number of para-hydroxylation sites is 2. The first-order valence-corrected chi connectivity index (χ1v) is 20.4. The van der Waals surface area contributed by atoms with Crippen LogP contribution in [0.1, 0.15) is 22.6 Å². The molecule has 0 bridgehead atoms. The van der Waals surface area contributed by atoms with Crippen molar-refractivity contribution in [3.8, 4) is 33.4 Å². The number of carbonyl (C=O) groups excluding carboxylic acids is 8. The largest absolute Gasteiger partial charge is 0.269 e. The van der Waals surface area contributed by atoms with E-state index in [1.165, 1.54) is 48.6 Å². The molecule has 0 atom stereocenters. The number of benzene rings is 6. The lowest BCUT2D eigenvalue weighted by atomic mass is 9.81. The lowest BCUT2D eigenvalue weighted by molar-refractivity contribution is -0.121. The molecule has 0 unspecified atom stereocenters. The van der Waals surface area contributed by atoms with Crippen LogP contribution in [-0.2, 0) is 38.4 Å². The molecule has 0 fully saturated rings. The van der Waals surface area contributed by atoms with E-state index in [0.29, 0.717) is 33.4 Å². The summed E-state index contributed by atoms with van der Waals surface area (Å²) in [4.78, 5) is 110. The molecule has 0 N–H and O–H groups in total. The average Bonchev–Trinajstić information content (AvgIpc) is 4.07. The van der Waals surface area contributed by atoms with Crippen LogP contribution in [0.2, 0.25) is 0 Å². The molecule has 4 aliphatic rings. The van der Waals surface area contributed by atoms with Gasteiger partial charge in [0.05, 0.1) is 22.7 Å². The summed E-state index contributed by atoms with van der Waals surface area (Å²) < 4.78 is 0. The Kier molecular flexibility index (Phi) is 9.80. The first-order valence-electron chi connectivity index (χ1n) is 20.4. The van der Waals surface area contributed by atoms with Gasteiger partial charge in [-0.1, -0.05) is 103 Å². The van der Waals surface area contributed by atoms with E-state index in [-0.39, 0.29) is 22.7 Å². The fourth-order valence-electron chi connectivity index (χ4n) is 8.71. The van der Waals surface area contributed by atoms with E-state index in [1.54, 1.807) is 72.8 Å². The van der Waals surface area contributed by atoms with Gasteiger partial charge in [0.25, 0.3) is 47.3 Å². The number of anilines is 4. The van der Waals surface area contributed by atoms with Gasteiger partial charge in [-0.3, -0.25) is 38.4 Å². The number of hydrogen-bond donors (Lipinski definition) is 0. The van der Waals surface area contributed by atoms with E-state index in [2.05, 4.69) is 0 Å². The van der Waals surface area contributed by atoms with E-state index in [4.69, 9.17) is 0 Å². The highest BCUT2D eigenvalue weighted by atomic mass is 16.2. The van der Waals surface area contributed by atoms with Crippen LogP contribution < -0.4 is 19.6 Å². The molecule has 10 rings (SSSR count). The van der Waals surface area contributed by atoms with E-state index in [1.807, 2.05) is 66.7 Å². The first kappa shape index (κ1) is 39.9. The molecule has 0 radical (unpaired) electrons. The predicted molar refractivity (Wildman–Crippen MR) is 243 cm³/mol. The normalized spacial score (nSPS) is 15.7. The molecule has 6 aromatic carbocycles. The number of carbonyl (C=O) groups is 8. The zero-order valence-electron chi connectivity index (χ0n) is 34.0. The molecule has 12 nitrogen and oxygen atoms in total. The van der Waals surface area contributed by atoms with Crippen molar-refractivity contribution in [1.29, 1.82) is 0 Å². The fourth-order valence-corrected chi connectivity index (χ4v) is 8.71. The van der Waals surface area contributed by atoms with Crippen LogP contribution in [0.5, 0.6) is 0 Å². The maximum absolute atomic E-state index is 13.3. The minimum Gasteiger partial charge on any atom is -0.269 e. The zero-order valence-corrected chi connectivity index (χ0v) is 34.0. The summed E-state index contributed by atoms with van der Waals surface area (Å²) in [6, 6.07) is 41.7. The first-order chi connectivity index (χ1) is 31.6. The topological polar surface area (TPSA) is 150 Å². The standard InChI is InChI=1S/C53H32N4O8/c58-45-22-23-46(59)54(45)41-12-6-4-10-37(41)39-30-35(18-20-43(39)56-49(62)26-27-50(56)63)53(34-16-14-33(15-17-34)32-8-2-1-3-9-32)36-19-21-44(57-51(64)28-29-52(57)65)40(31-36)38-11-5-7-13-42(38)55-47(60)24-25-48(55)61/h1-31,53H. The van der Waals surface area contributed by atoms with Crippen LogP contribution in [0, 0.1) is 0 Å². The summed E-state index contributed by atoms with van der Waals surface area (Å²) in [7, 11) is 0. The highest BCUT2D eigenvalue weighted by Gasteiger charge is 2.35. The van der Waals surface area contributed by atoms with Crippen LogP contribution in [0.25, 0.3) is 33.4 Å². The second-order valence-corrected chi connectivity index (χ2v) is 15.4. The minimum absolute atomic E-state index is 0.212. The van der Waals surface area contributed by atoms with Crippen molar-refractivity contribution in [3.63, 3.8) is 0 Å². The molecule has 0 spiro atoms. The molecule has 0 saturated carbocycles. The van der Waals surface area contributed by atoms with Crippen LogP contribution in [0.15, 0.2) is 188 Å². The van der Waals surface area contributed by atoms with Gasteiger partial charge in [0.2, 0.25) is 0 Å². The van der Waals surface area contributed by atoms with Gasteiger partial charge in [-0.15, -0.1) is 0 Å². The van der Waals surface area contributed by atoms with Crippen molar-refractivity contribution in [2.75, 3.05) is 19.6 Å². The third-order valence-electron chi connectivity index (χ3n) is 11.6. The molecular weight excluding hydrogens is 821 g/mol.